The van der Waals surface area contributed by atoms with Gasteiger partial charge in [0, 0.05) is 12.1 Å². The fraction of sp³-hybridized carbons (Fsp3) is 0.353. The van der Waals surface area contributed by atoms with Gasteiger partial charge < -0.3 is 10.4 Å². The third kappa shape index (κ3) is 3.58. The van der Waals surface area contributed by atoms with Crippen LogP contribution in [0.2, 0.25) is 0 Å². The highest BCUT2D eigenvalue weighted by Crippen LogP contribution is 2.18. The number of carbonyl (C=O) groups excluding carboxylic acids is 1. The summed E-state index contributed by atoms with van der Waals surface area (Å²) in [5, 5.41) is 14.3. The highest BCUT2D eigenvalue weighted by atomic mass is 16.3. The fourth-order valence-corrected chi connectivity index (χ4v) is 2.45. The lowest BCUT2D eigenvalue weighted by Crippen LogP contribution is -2.29. The normalized spacial score (nSPS) is 13.9. The molecule has 106 valence electrons. The molecule has 2 aromatic carbocycles. The molecule has 0 aliphatic heterocycles. The van der Waals surface area contributed by atoms with Crippen molar-refractivity contribution in [2.75, 3.05) is 6.54 Å². The number of hydrogen-bond donors (Lipinski definition) is 2. The van der Waals surface area contributed by atoms with E-state index in [1.165, 1.54) is 0 Å². The smallest absolute Gasteiger partial charge is 0.251 e. The van der Waals surface area contributed by atoms with Crippen molar-refractivity contribution < 1.29 is 9.90 Å². The minimum atomic E-state index is -0.334. The Morgan fingerprint density at radius 3 is 2.60 bits per heavy atom. The second-order valence-electron chi connectivity index (χ2n) is 5.43. The molecule has 2 N–H and O–H groups in total. The molecule has 3 nitrogen and oxygen atoms in total. The highest BCUT2D eigenvalue weighted by Gasteiger charge is 2.11. The minimum Gasteiger partial charge on any atom is -0.393 e. The standard InChI is InChI=1S/C17H21NO2/c1-12(10-13(2)19)11-18-17(20)16-9-5-7-14-6-3-4-8-15(14)16/h3-9,12-13,19H,10-11H2,1-2H3,(H,18,20). The van der Waals surface area contributed by atoms with Crippen molar-refractivity contribution in [3.05, 3.63) is 48.0 Å². The van der Waals surface area contributed by atoms with Crippen molar-refractivity contribution in [3.63, 3.8) is 0 Å². The molecule has 1 amide bonds. The van der Waals surface area contributed by atoms with Gasteiger partial charge in [0.25, 0.3) is 5.91 Å². The summed E-state index contributed by atoms with van der Waals surface area (Å²) in [6.45, 7) is 4.37. The summed E-state index contributed by atoms with van der Waals surface area (Å²) >= 11 is 0. The van der Waals surface area contributed by atoms with Gasteiger partial charge >= 0.3 is 0 Å². The van der Waals surface area contributed by atoms with Crippen LogP contribution >= 0.6 is 0 Å². The van der Waals surface area contributed by atoms with Gasteiger partial charge in [0.15, 0.2) is 0 Å². The van der Waals surface area contributed by atoms with E-state index in [0.717, 1.165) is 10.8 Å². The van der Waals surface area contributed by atoms with Crippen LogP contribution < -0.4 is 5.32 Å². The summed E-state index contributed by atoms with van der Waals surface area (Å²) in [4.78, 5) is 12.3. The molecule has 3 heteroatoms. The molecule has 0 fully saturated rings. The van der Waals surface area contributed by atoms with Crippen molar-refractivity contribution in [2.45, 2.75) is 26.4 Å². The molecule has 0 aromatic heterocycles. The van der Waals surface area contributed by atoms with Gasteiger partial charge in [-0.1, -0.05) is 43.3 Å². The molecule has 2 aromatic rings. The van der Waals surface area contributed by atoms with Crippen LogP contribution in [0.25, 0.3) is 10.8 Å². The SMILES string of the molecule is CC(O)CC(C)CNC(=O)c1cccc2ccccc12. The average Bonchev–Trinajstić information content (AvgIpc) is 2.43. The van der Waals surface area contributed by atoms with E-state index in [2.05, 4.69) is 5.32 Å². The zero-order chi connectivity index (χ0) is 14.5. The number of amides is 1. The summed E-state index contributed by atoms with van der Waals surface area (Å²) in [6.07, 6.45) is 0.356. The number of nitrogens with one attached hydrogen (secondary N) is 1. The van der Waals surface area contributed by atoms with E-state index in [-0.39, 0.29) is 17.9 Å². The summed E-state index contributed by atoms with van der Waals surface area (Å²) in [5.41, 5.74) is 0.701. The third-order valence-electron chi connectivity index (χ3n) is 3.39. The van der Waals surface area contributed by atoms with E-state index in [9.17, 15) is 9.90 Å². The first-order valence-electron chi connectivity index (χ1n) is 7.02. The zero-order valence-corrected chi connectivity index (χ0v) is 12.0. The maximum atomic E-state index is 12.3. The maximum absolute atomic E-state index is 12.3. The van der Waals surface area contributed by atoms with Gasteiger partial charge in [-0.2, -0.15) is 0 Å². The second-order valence-corrected chi connectivity index (χ2v) is 5.43. The van der Waals surface area contributed by atoms with E-state index >= 15 is 0 Å². The van der Waals surface area contributed by atoms with Gasteiger partial charge in [-0.15, -0.1) is 0 Å². The number of carbonyl (C=O) groups is 1. The van der Waals surface area contributed by atoms with Crippen molar-refractivity contribution in [1.82, 2.24) is 5.32 Å². The molecule has 0 radical (unpaired) electrons. The third-order valence-corrected chi connectivity index (χ3v) is 3.39. The lowest BCUT2D eigenvalue weighted by Gasteiger charge is -2.14. The Labute approximate surface area is 119 Å². The van der Waals surface area contributed by atoms with Crippen LogP contribution in [0.5, 0.6) is 0 Å². The molecule has 2 atom stereocenters. The van der Waals surface area contributed by atoms with Gasteiger partial charge in [0.1, 0.15) is 0 Å². The van der Waals surface area contributed by atoms with Crippen LogP contribution in [-0.4, -0.2) is 23.7 Å². The largest absolute Gasteiger partial charge is 0.393 e. The molecule has 2 rings (SSSR count). The molecular formula is C17H21NO2. The Morgan fingerprint density at radius 1 is 1.15 bits per heavy atom. The topological polar surface area (TPSA) is 49.3 Å². The molecule has 2 unspecified atom stereocenters. The van der Waals surface area contributed by atoms with Crippen molar-refractivity contribution >= 4 is 16.7 Å². The Balaban J connectivity index is 2.08. The van der Waals surface area contributed by atoms with Crippen LogP contribution in [-0.2, 0) is 0 Å². The number of aliphatic hydroxyl groups is 1. The molecule has 0 spiro atoms. The van der Waals surface area contributed by atoms with Gasteiger partial charge in [-0.05, 0) is 36.1 Å². The van der Waals surface area contributed by atoms with Gasteiger partial charge in [-0.3, -0.25) is 4.79 Å². The molecule has 0 saturated carbocycles. The van der Waals surface area contributed by atoms with Crippen LogP contribution in [0, 0.1) is 5.92 Å². The van der Waals surface area contributed by atoms with E-state index in [1.54, 1.807) is 6.92 Å². The van der Waals surface area contributed by atoms with Crippen LogP contribution in [0.15, 0.2) is 42.5 Å². The van der Waals surface area contributed by atoms with E-state index in [4.69, 9.17) is 0 Å². The molecular weight excluding hydrogens is 250 g/mol. The Kier molecular flexibility index (Phi) is 4.74. The maximum Gasteiger partial charge on any atom is 0.251 e. The number of rotatable bonds is 5. The molecule has 20 heavy (non-hydrogen) atoms. The van der Waals surface area contributed by atoms with Crippen molar-refractivity contribution in [1.29, 1.82) is 0 Å². The van der Waals surface area contributed by atoms with Gasteiger partial charge in [-0.25, -0.2) is 0 Å². The number of hydrogen-bond acceptors (Lipinski definition) is 2. The van der Waals surface area contributed by atoms with Crippen molar-refractivity contribution in [2.24, 2.45) is 5.92 Å². The van der Waals surface area contributed by atoms with Gasteiger partial charge in [0.2, 0.25) is 0 Å². The Hall–Kier alpha value is -1.87. The van der Waals surface area contributed by atoms with E-state index < -0.39 is 0 Å². The average molecular weight is 271 g/mol. The molecule has 0 bridgehead atoms. The molecule has 0 aliphatic carbocycles. The Bertz CT molecular complexity index is 587. The summed E-state index contributed by atoms with van der Waals surface area (Å²) in [7, 11) is 0. The van der Waals surface area contributed by atoms with Crippen molar-refractivity contribution in [3.8, 4) is 0 Å². The molecule has 0 heterocycles. The first-order chi connectivity index (χ1) is 9.58. The second kappa shape index (κ2) is 6.53. The number of fused-ring (bicyclic) bond motifs is 1. The zero-order valence-electron chi connectivity index (χ0n) is 12.0. The number of aliphatic hydroxyl groups excluding tert-OH is 1. The summed E-state index contributed by atoms with van der Waals surface area (Å²) in [5.74, 6) is 0.202. The van der Waals surface area contributed by atoms with Crippen LogP contribution in [0.1, 0.15) is 30.6 Å². The Morgan fingerprint density at radius 2 is 1.85 bits per heavy atom. The minimum absolute atomic E-state index is 0.0563. The van der Waals surface area contributed by atoms with Crippen LogP contribution in [0.4, 0.5) is 0 Å². The fourth-order valence-electron chi connectivity index (χ4n) is 2.45. The first-order valence-corrected chi connectivity index (χ1v) is 7.02. The lowest BCUT2D eigenvalue weighted by atomic mass is 10.0. The first kappa shape index (κ1) is 14.5. The van der Waals surface area contributed by atoms with E-state index in [0.29, 0.717) is 18.5 Å². The summed E-state index contributed by atoms with van der Waals surface area (Å²) in [6, 6.07) is 13.6. The van der Waals surface area contributed by atoms with E-state index in [1.807, 2.05) is 49.4 Å². The monoisotopic (exact) mass is 271 g/mol. The lowest BCUT2D eigenvalue weighted by molar-refractivity contribution is 0.0941. The predicted octanol–water partition coefficient (Wildman–Crippen LogP) is 2.98. The molecule has 0 saturated heterocycles. The quantitative estimate of drug-likeness (QED) is 0.878. The summed E-state index contributed by atoms with van der Waals surface area (Å²) < 4.78 is 0. The predicted molar refractivity (Wildman–Crippen MR) is 81.7 cm³/mol. The molecule has 0 aliphatic rings. The van der Waals surface area contributed by atoms with Crippen LogP contribution in [0.3, 0.4) is 0 Å². The van der Waals surface area contributed by atoms with Gasteiger partial charge in [0.05, 0.1) is 6.10 Å². The number of benzene rings is 2. The highest BCUT2D eigenvalue weighted by molar-refractivity contribution is 6.06.